The van der Waals surface area contributed by atoms with Crippen LogP contribution in [0.5, 0.6) is 0 Å². The molecule has 0 saturated carbocycles. The summed E-state index contributed by atoms with van der Waals surface area (Å²) in [6.07, 6.45) is 4.42. The summed E-state index contributed by atoms with van der Waals surface area (Å²) in [5.74, 6) is 0.717. The van der Waals surface area contributed by atoms with Crippen molar-refractivity contribution in [2.24, 2.45) is 5.92 Å². The number of hydrogen-bond acceptors (Lipinski definition) is 3. The van der Waals surface area contributed by atoms with Gasteiger partial charge in [0.25, 0.3) is 0 Å². The van der Waals surface area contributed by atoms with Gasteiger partial charge in [-0.3, -0.25) is 0 Å². The molecule has 0 aromatic heterocycles. The van der Waals surface area contributed by atoms with Gasteiger partial charge in [-0.05, 0) is 66.3 Å². The molecule has 1 N–H and O–H groups in total. The van der Waals surface area contributed by atoms with Gasteiger partial charge in [0.2, 0.25) is 0 Å². The molecule has 0 radical (unpaired) electrons. The minimum absolute atomic E-state index is 0.158. The van der Waals surface area contributed by atoms with Gasteiger partial charge in [0.1, 0.15) is 5.60 Å². The van der Waals surface area contributed by atoms with Crippen molar-refractivity contribution < 1.29 is 9.53 Å². The van der Waals surface area contributed by atoms with Crippen LogP contribution in [-0.4, -0.2) is 42.8 Å². The summed E-state index contributed by atoms with van der Waals surface area (Å²) in [6.45, 7) is 9.63. The van der Waals surface area contributed by atoms with Crippen LogP contribution in [0.1, 0.15) is 53.4 Å². The molecule has 4 nitrogen and oxygen atoms in total. The van der Waals surface area contributed by atoms with E-state index in [1.807, 2.05) is 32.7 Å². The van der Waals surface area contributed by atoms with E-state index in [1.54, 1.807) is 0 Å². The summed E-state index contributed by atoms with van der Waals surface area (Å²) < 4.78 is 5.44. The SMILES string of the molecule is CNC(C)CC1CCCN(C(=O)OC(C)(C)C)CC1. The van der Waals surface area contributed by atoms with E-state index >= 15 is 0 Å². The number of nitrogens with zero attached hydrogens (tertiary/aromatic N) is 1. The average Bonchev–Trinajstić information content (AvgIpc) is 2.52. The van der Waals surface area contributed by atoms with Crippen LogP contribution in [-0.2, 0) is 4.74 Å². The van der Waals surface area contributed by atoms with Gasteiger partial charge in [-0.25, -0.2) is 4.79 Å². The zero-order valence-electron chi connectivity index (χ0n) is 13.2. The van der Waals surface area contributed by atoms with Crippen LogP contribution < -0.4 is 5.32 Å². The Morgan fingerprint density at radius 1 is 1.37 bits per heavy atom. The molecule has 112 valence electrons. The largest absolute Gasteiger partial charge is 0.444 e. The second kappa shape index (κ2) is 7.13. The Morgan fingerprint density at radius 3 is 2.63 bits per heavy atom. The van der Waals surface area contributed by atoms with E-state index < -0.39 is 5.60 Å². The highest BCUT2D eigenvalue weighted by atomic mass is 16.6. The Morgan fingerprint density at radius 2 is 2.05 bits per heavy atom. The van der Waals surface area contributed by atoms with E-state index in [1.165, 1.54) is 12.8 Å². The number of amides is 1. The maximum atomic E-state index is 12.0. The van der Waals surface area contributed by atoms with Crippen LogP contribution in [0.15, 0.2) is 0 Å². The summed E-state index contributed by atoms with van der Waals surface area (Å²) >= 11 is 0. The fourth-order valence-corrected chi connectivity index (χ4v) is 2.53. The molecule has 0 aromatic carbocycles. The Labute approximate surface area is 117 Å². The first-order valence-electron chi connectivity index (χ1n) is 7.47. The molecule has 2 unspecified atom stereocenters. The average molecular weight is 270 g/mol. The maximum absolute atomic E-state index is 12.0. The Kier molecular flexibility index (Phi) is 6.11. The number of rotatable bonds is 3. The highest BCUT2D eigenvalue weighted by Crippen LogP contribution is 2.23. The van der Waals surface area contributed by atoms with Crippen molar-refractivity contribution in [3.8, 4) is 0 Å². The van der Waals surface area contributed by atoms with Crippen LogP contribution in [0.2, 0.25) is 0 Å². The number of carbonyl (C=O) groups is 1. The zero-order valence-corrected chi connectivity index (χ0v) is 13.2. The Bertz CT molecular complexity index is 286. The number of nitrogens with one attached hydrogen (secondary N) is 1. The molecule has 1 amide bonds. The highest BCUT2D eigenvalue weighted by Gasteiger charge is 2.25. The predicted molar refractivity (Wildman–Crippen MR) is 78.3 cm³/mol. The molecule has 0 aliphatic carbocycles. The number of carbonyl (C=O) groups excluding carboxylic acids is 1. The predicted octanol–water partition coefficient (Wildman–Crippen LogP) is 3.02. The summed E-state index contributed by atoms with van der Waals surface area (Å²) in [5, 5.41) is 3.29. The van der Waals surface area contributed by atoms with Gasteiger partial charge in [-0.1, -0.05) is 0 Å². The normalized spacial score (nSPS) is 22.8. The van der Waals surface area contributed by atoms with E-state index in [9.17, 15) is 4.79 Å². The molecule has 4 heteroatoms. The number of ether oxygens (including phenoxy) is 1. The van der Waals surface area contributed by atoms with Crippen LogP contribution in [0.4, 0.5) is 4.79 Å². The summed E-state index contributed by atoms with van der Waals surface area (Å²) in [7, 11) is 2.01. The molecule has 1 rings (SSSR count). The van der Waals surface area contributed by atoms with Crippen LogP contribution in [0.3, 0.4) is 0 Å². The molecular formula is C15H30N2O2. The van der Waals surface area contributed by atoms with Crippen molar-refractivity contribution in [3.63, 3.8) is 0 Å². The quantitative estimate of drug-likeness (QED) is 0.857. The lowest BCUT2D eigenvalue weighted by Gasteiger charge is -2.26. The van der Waals surface area contributed by atoms with Crippen molar-refractivity contribution in [1.82, 2.24) is 10.2 Å². The Balaban J connectivity index is 2.43. The van der Waals surface area contributed by atoms with Crippen molar-refractivity contribution in [2.45, 2.75) is 65.0 Å². The fourth-order valence-electron chi connectivity index (χ4n) is 2.53. The zero-order chi connectivity index (χ0) is 14.5. The Hall–Kier alpha value is -0.770. The van der Waals surface area contributed by atoms with E-state index in [4.69, 9.17) is 4.74 Å². The maximum Gasteiger partial charge on any atom is 0.410 e. The van der Waals surface area contributed by atoms with Crippen molar-refractivity contribution in [3.05, 3.63) is 0 Å². The van der Waals surface area contributed by atoms with Crippen molar-refractivity contribution in [1.29, 1.82) is 0 Å². The first-order valence-corrected chi connectivity index (χ1v) is 7.47. The second-order valence-corrected chi connectivity index (χ2v) is 6.69. The molecular weight excluding hydrogens is 240 g/mol. The number of likely N-dealkylation sites (tertiary alicyclic amines) is 1. The van der Waals surface area contributed by atoms with Gasteiger partial charge in [0.05, 0.1) is 0 Å². The molecule has 0 spiro atoms. The standard InChI is InChI=1S/C15H30N2O2/c1-12(16-5)11-13-7-6-9-17(10-8-13)14(18)19-15(2,3)4/h12-13,16H,6-11H2,1-5H3. The van der Waals surface area contributed by atoms with Crippen LogP contribution in [0.25, 0.3) is 0 Å². The molecule has 0 aromatic rings. The van der Waals surface area contributed by atoms with Gasteiger partial charge >= 0.3 is 6.09 Å². The molecule has 1 saturated heterocycles. The number of hydrogen-bond donors (Lipinski definition) is 1. The lowest BCUT2D eigenvalue weighted by atomic mass is 9.93. The summed E-state index contributed by atoms with van der Waals surface area (Å²) in [6, 6.07) is 0.554. The van der Waals surface area contributed by atoms with E-state index in [0.29, 0.717) is 6.04 Å². The lowest BCUT2D eigenvalue weighted by molar-refractivity contribution is 0.0255. The highest BCUT2D eigenvalue weighted by molar-refractivity contribution is 5.68. The smallest absolute Gasteiger partial charge is 0.410 e. The minimum atomic E-state index is -0.399. The van der Waals surface area contributed by atoms with Crippen molar-refractivity contribution >= 4 is 6.09 Å². The summed E-state index contributed by atoms with van der Waals surface area (Å²) in [4.78, 5) is 13.9. The topological polar surface area (TPSA) is 41.6 Å². The second-order valence-electron chi connectivity index (χ2n) is 6.69. The lowest BCUT2D eigenvalue weighted by Crippen LogP contribution is -2.37. The molecule has 1 aliphatic rings. The molecule has 19 heavy (non-hydrogen) atoms. The van der Waals surface area contributed by atoms with Crippen molar-refractivity contribution in [2.75, 3.05) is 20.1 Å². The van der Waals surface area contributed by atoms with Crippen LogP contribution in [0, 0.1) is 5.92 Å². The first-order chi connectivity index (χ1) is 8.81. The van der Waals surface area contributed by atoms with E-state index in [-0.39, 0.29) is 6.09 Å². The third-order valence-electron chi connectivity index (χ3n) is 3.68. The molecule has 0 bridgehead atoms. The minimum Gasteiger partial charge on any atom is -0.444 e. The van der Waals surface area contributed by atoms with E-state index in [0.717, 1.165) is 31.8 Å². The molecule has 1 fully saturated rings. The summed E-state index contributed by atoms with van der Waals surface area (Å²) in [5.41, 5.74) is -0.399. The third-order valence-corrected chi connectivity index (χ3v) is 3.68. The monoisotopic (exact) mass is 270 g/mol. The first kappa shape index (κ1) is 16.3. The van der Waals surface area contributed by atoms with Gasteiger partial charge in [-0.15, -0.1) is 0 Å². The van der Waals surface area contributed by atoms with Crippen LogP contribution >= 0.6 is 0 Å². The third kappa shape index (κ3) is 6.28. The van der Waals surface area contributed by atoms with Gasteiger partial charge in [0.15, 0.2) is 0 Å². The van der Waals surface area contributed by atoms with Gasteiger partial charge in [-0.2, -0.15) is 0 Å². The van der Waals surface area contributed by atoms with Gasteiger partial charge in [0, 0.05) is 19.1 Å². The molecule has 1 heterocycles. The molecule has 2 atom stereocenters. The fraction of sp³-hybridized carbons (Fsp3) is 0.933. The van der Waals surface area contributed by atoms with Gasteiger partial charge < -0.3 is 15.0 Å². The molecule has 1 aliphatic heterocycles. The van der Waals surface area contributed by atoms with E-state index in [2.05, 4.69) is 12.2 Å².